The van der Waals surface area contributed by atoms with Gasteiger partial charge >= 0.3 is 0 Å². The van der Waals surface area contributed by atoms with Crippen molar-refractivity contribution in [3.8, 4) is 11.8 Å². The minimum atomic E-state index is -0.0366. The highest BCUT2D eigenvalue weighted by atomic mass is 16.5. The fourth-order valence-electron chi connectivity index (χ4n) is 3.42. The lowest BCUT2D eigenvalue weighted by molar-refractivity contribution is 0.303. The van der Waals surface area contributed by atoms with Crippen LogP contribution >= 0.6 is 0 Å². The Morgan fingerprint density at radius 2 is 2.07 bits per heavy atom. The molecule has 0 fully saturated rings. The Morgan fingerprint density at radius 1 is 1.17 bits per heavy atom. The lowest BCUT2D eigenvalue weighted by atomic mass is 10.1. The van der Waals surface area contributed by atoms with Crippen molar-refractivity contribution < 1.29 is 9.15 Å². The van der Waals surface area contributed by atoms with Crippen molar-refractivity contribution >= 4 is 11.0 Å². The van der Waals surface area contributed by atoms with Gasteiger partial charge in [-0.05, 0) is 54.7 Å². The number of nitriles is 1. The van der Waals surface area contributed by atoms with Gasteiger partial charge in [-0.25, -0.2) is 4.68 Å². The Labute approximate surface area is 175 Å². The van der Waals surface area contributed by atoms with E-state index in [-0.39, 0.29) is 5.43 Å². The molecule has 0 aliphatic heterocycles. The largest absolute Gasteiger partial charge is 0.493 e. The molecule has 0 saturated carbocycles. The number of fused-ring (bicyclic) bond motifs is 1. The molecular weight excluding hydrogens is 382 g/mol. The quantitative estimate of drug-likeness (QED) is 0.418. The summed E-state index contributed by atoms with van der Waals surface area (Å²) in [6, 6.07) is 7.23. The van der Waals surface area contributed by atoms with E-state index in [2.05, 4.69) is 28.5 Å². The van der Waals surface area contributed by atoms with E-state index in [1.54, 1.807) is 6.07 Å². The number of aryl methyl sites for hydroxylation is 3. The van der Waals surface area contributed by atoms with Gasteiger partial charge < -0.3 is 9.15 Å². The maximum Gasteiger partial charge on any atom is 0.192 e. The van der Waals surface area contributed by atoms with Crippen LogP contribution in [0.5, 0.6) is 5.75 Å². The van der Waals surface area contributed by atoms with Crippen LogP contribution in [0.2, 0.25) is 0 Å². The van der Waals surface area contributed by atoms with Crippen molar-refractivity contribution in [2.75, 3.05) is 6.61 Å². The van der Waals surface area contributed by atoms with Crippen molar-refractivity contribution in [1.29, 1.82) is 5.26 Å². The van der Waals surface area contributed by atoms with E-state index < -0.39 is 0 Å². The van der Waals surface area contributed by atoms with Gasteiger partial charge in [-0.3, -0.25) is 4.79 Å². The second kappa shape index (κ2) is 11.1. The molecule has 0 spiro atoms. The smallest absolute Gasteiger partial charge is 0.192 e. The number of hydrogen-bond donors (Lipinski definition) is 0. The van der Waals surface area contributed by atoms with Crippen LogP contribution in [-0.2, 0) is 19.4 Å². The molecule has 0 amide bonds. The number of hydrogen-bond acceptors (Lipinski definition) is 7. The number of ether oxygens (including phenoxy) is 1. The third-order valence-electron chi connectivity index (χ3n) is 4.96. The van der Waals surface area contributed by atoms with Gasteiger partial charge in [0.2, 0.25) is 0 Å². The first kappa shape index (κ1) is 21.5. The molecule has 2 aromatic heterocycles. The molecule has 1 aromatic carbocycles. The van der Waals surface area contributed by atoms with E-state index in [9.17, 15) is 4.79 Å². The van der Waals surface area contributed by atoms with E-state index >= 15 is 0 Å². The second-order valence-corrected chi connectivity index (χ2v) is 7.19. The van der Waals surface area contributed by atoms with Gasteiger partial charge in [-0.2, -0.15) is 5.26 Å². The standard InChI is InChI=1S/C22H27N5O3/c1-2-8-18-20(11-10-17-19(28)12-16-30-22(17)18)29-15-7-4-9-21-24-25-26-27(21)14-6-3-5-13-23/h10-12,16H,2-9,14-15H2,1H3. The summed E-state index contributed by atoms with van der Waals surface area (Å²) in [7, 11) is 0. The van der Waals surface area contributed by atoms with Crippen LogP contribution < -0.4 is 10.2 Å². The highest BCUT2D eigenvalue weighted by molar-refractivity contribution is 5.81. The van der Waals surface area contributed by atoms with E-state index in [4.69, 9.17) is 14.4 Å². The lowest BCUT2D eigenvalue weighted by Gasteiger charge is -2.12. The van der Waals surface area contributed by atoms with Gasteiger partial charge in [-0.15, -0.1) is 5.10 Å². The van der Waals surface area contributed by atoms with Gasteiger partial charge in [0.1, 0.15) is 11.3 Å². The fourth-order valence-corrected chi connectivity index (χ4v) is 3.42. The zero-order valence-electron chi connectivity index (χ0n) is 17.3. The summed E-state index contributed by atoms with van der Waals surface area (Å²) in [6.45, 7) is 3.40. The van der Waals surface area contributed by atoms with Gasteiger partial charge in [0, 0.05) is 31.0 Å². The van der Waals surface area contributed by atoms with Crippen LogP contribution in [0.4, 0.5) is 0 Å². The summed E-state index contributed by atoms with van der Waals surface area (Å²) >= 11 is 0. The second-order valence-electron chi connectivity index (χ2n) is 7.19. The number of aromatic nitrogens is 4. The topological polar surface area (TPSA) is 107 Å². The third-order valence-corrected chi connectivity index (χ3v) is 4.96. The molecule has 0 bridgehead atoms. The zero-order valence-corrected chi connectivity index (χ0v) is 17.3. The molecule has 0 atom stereocenters. The average molecular weight is 409 g/mol. The number of nitrogens with zero attached hydrogens (tertiary/aromatic N) is 5. The predicted octanol–water partition coefficient (Wildman–Crippen LogP) is 3.83. The van der Waals surface area contributed by atoms with Crippen LogP contribution in [-0.4, -0.2) is 26.8 Å². The molecule has 3 aromatic rings. The van der Waals surface area contributed by atoms with E-state index in [0.29, 0.717) is 24.0 Å². The monoisotopic (exact) mass is 409 g/mol. The summed E-state index contributed by atoms with van der Waals surface area (Å²) in [5.41, 5.74) is 1.54. The Kier molecular flexibility index (Phi) is 7.95. The zero-order chi connectivity index (χ0) is 21.2. The van der Waals surface area contributed by atoms with Crippen LogP contribution in [0.15, 0.2) is 33.7 Å². The minimum Gasteiger partial charge on any atom is -0.493 e. The fraction of sp³-hybridized carbons (Fsp3) is 0.500. The summed E-state index contributed by atoms with van der Waals surface area (Å²) < 4.78 is 13.5. The maximum atomic E-state index is 12.1. The molecule has 3 rings (SSSR count). The SMILES string of the molecule is CCCc1c(OCCCCc2nnnn2CCCCC#N)ccc2c(=O)ccoc12. The van der Waals surface area contributed by atoms with Gasteiger partial charge in [-0.1, -0.05) is 13.3 Å². The van der Waals surface area contributed by atoms with Crippen LogP contribution in [0.1, 0.15) is 56.8 Å². The third kappa shape index (κ3) is 5.44. The van der Waals surface area contributed by atoms with Crippen molar-refractivity contribution in [3.05, 3.63) is 46.1 Å². The predicted molar refractivity (Wildman–Crippen MR) is 112 cm³/mol. The van der Waals surface area contributed by atoms with Crippen molar-refractivity contribution in [1.82, 2.24) is 20.2 Å². The number of tetrazole rings is 1. The highest BCUT2D eigenvalue weighted by Crippen LogP contribution is 2.28. The molecule has 0 aliphatic rings. The molecule has 0 N–H and O–H groups in total. The summed E-state index contributed by atoms with van der Waals surface area (Å²) in [4.78, 5) is 12.1. The first-order valence-corrected chi connectivity index (χ1v) is 10.5. The number of benzene rings is 1. The Balaban J connectivity index is 1.52. The summed E-state index contributed by atoms with van der Waals surface area (Å²) in [5.74, 6) is 1.65. The van der Waals surface area contributed by atoms with Gasteiger partial charge in [0.25, 0.3) is 0 Å². The highest BCUT2D eigenvalue weighted by Gasteiger charge is 2.12. The molecule has 8 heteroatoms. The molecule has 30 heavy (non-hydrogen) atoms. The van der Waals surface area contributed by atoms with E-state index in [1.807, 2.05) is 10.7 Å². The Morgan fingerprint density at radius 3 is 2.90 bits per heavy atom. The number of unbranched alkanes of at least 4 members (excludes halogenated alkanes) is 3. The van der Waals surface area contributed by atoms with Crippen molar-refractivity contribution in [2.45, 2.75) is 64.8 Å². The van der Waals surface area contributed by atoms with Crippen LogP contribution in [0.3, 0.4) is 0 Å². The van der Waals surface area contributed by atoms with Gasteiger partial charge in [0.15, 0.2) is 11.3 Å². The summed E-state index contributed by atoms with van der Waals surface area (Å²) in [6.07, 6.45) is 8.04. The first-order valence-electron chi connectivity index (χ1n) is 10.5. The Bertz CT molecular complexity index is 1050. The van der Waals surface area contributed by atoms with Crippen LogP contribution in [0, 0.1) is 11.3 Å². The normalized spacial score (nSPS) is 10.9. The van der Waals surface area contributed by atoms with E-state index in [0.717, 1.165) is 68.6 Å². The minimum absolute atomic E-state index is 0.0366. The molecule has 158 valence electrons. The number of rotatable bonds is 12. The molecule has 2 heterocycles. The maximum absolute atomic E-state index is 12.1. The van der Waals surface area contributed by atoms with Crippen molar-refractivity contribution in [3.63, 3.8) is 0 Å². The molecule has 0 aliphatic carbocycles. The van der Waals surface area contributed by atoms with Crippen molar-refractivity contribution in [2.24, 2.45) is 0 Å². The summed E-state index contributed by atoms with van der Waals surface area (Å²) in [5, 5.41) is 21.1. The molecule has 8 nitrogen and oxygen atoms in total. The molecule has 0 unspecified atom stereocenters. The average Bonchev–Trinajstić information content (AvgIpc) is 3.20. The molecular formula is C22H27N5O3. The van der Waals surface area contributed by atoms with Crippen LogP contribution in [0.25, 0.3) is 11.0 Å². The molecule has 0 radical (unpaired) electrons. The lowest BCUT2D eigenvalue weighted by Crippen LogP contribution is -2.08. The first-order chi connectivity index (χ1) is 14.7. The Hall–Kier alpha value is -3.21. The van der Waals surface area contributed by atoms with Gasteiger partial charge in [0.05, 0.1) is 24.3 Å². The molecule has 0 saturated heterocycles. The van der Waals surface area contributed by atoms with E-state index in [1.165, 1.54) is 12.3 Å².